The fraction of sp³-hybridized carbons (Fsp3) is 0.360. The number of imidazole rings is 1. The summed E-state index contributed by atoms with van der Waals surface area (Å²) in [6.45, 7) is 6.15. The zero-order valence-electron chi connectivity index (χ0n) is 18.7. The molecule has 2 saturated heterocycles. The fourth-order valence-corrected chi connectivity index (χ4v) is 5.18. The first kappa shape index (κ1) is 20.6. The molecule has 2 atom stereocenters. The van der Waals surface area contributed by atoms with Crippen molar-refractivity contribution in [2.75, 3.05) is 7.05 Å². The first-order chi connectivity index (χ1) is 15.5. The normalized spacial score (nSPS) is 23.9. The molecule has 2 bridgehead atoms. The fourth-order valence-electron chi connectivity index (χ4n) is 5.18. The van der Waals surface area contributed by atoms with Gasteiger partial charge in [-0.2, -0.15) is 4.98 Å². The highest BCUT2D eigenvalue weighted by Gasteiger charge is 2.38. The van der Waals surface area contributed by atoms with Gasteiger partial charge in [0, 0.05) is 36.1 Å². The first-order valence-electron chi connectivity index (χ1n) is 11.2. The van der Waals surface area contributed by atoms with Gasteiger partial charge in [0.15, 0.2) is 0 Å². The first-order valence-corrected chi connectivity index (χ1v) is 11.2. The molecule has 2 aliphatic rings. The Labute approximate surface area is 188 Å². The van der Waals surface area contributed by atoms with Gasteiger partial charge in [-0.3, -0.25) is 4.40 Å². The second-order valence-electron chi connectivity index (χ2n) is 8.89. The smallest absolute Gasteiger partial charge is 0.306 e. The summed E-state index contributed by atoms with van der Waals surface area (Å²) in [5.41, 5.74) is 10.8. The third-order valence-corrected chi connectivity index (χ3v) is 6.89. The predicted octanol–water partition coefficient (Wildman–Crippen LogP) is 3.96. The molecule has 4 heterocycles. The zero-order chi connectivity index (χ0) is 22.2. The Morgan fingerprint density at radius 3 is 2.78 bits per heavy atom. The van der Waals surface area contributed by atoms with Crippen molar-refractivity contribution in [3.63, 3.8) is 0 Å². The van der Waals surface area contributed by atoms with E-state index in [1.807, 2.05) is 28.8 Å². The summed E-state index contributed by atoms with van der Waals surface area (Å²) in [7, 11) is 2.25. The van der Waals surface area contributed by atoms with Gasteiger partial charge in [-0.25, -0.2) is 4.99 Å². The number of nitrogens with zero attached hydrogens (tertiary/aromatic N) is 4. The maximum atomic E-state index is 6.50. The van der Waals surface area contributed by atoms with E-state index in [0.717, 1.165) is 35.4 Å². The number of rotatable bonds is 6. The highest BCUT2D eigenvalue weighted by atomic mass is 16.3. The van der Waals surface area contributed by atoms with Gasteiger partial charge in [-0.1, -0.05) is 30.8 Å². The van der Waals surface area contributed by atoms with Gasteiger partial charge in [0.05, 0.1) is 11.4 Å². The van der Waals surface area contributed by atoms with Crippen LogP contribution in [0.4, 0.5) is 0 Å². The van der Waals surface area contributed by atoms with E-state index in [9.17, 15) is 0 Å². The molecule has 5 rings (SSSR count). The summed E-state index contributed by atoms with van der Waals surface area (Å²) in [6, 6.07) is 9.91. The molecule has 3 aromatic rings. The summed E-state index contributed by atoms with van der Waals surface area (Å²) in [4.78, 5) is 11.7. The Morgan fingerprint density at radius 2 is 2.03 bits per heavy atom. The van der Waals surface area contributed by atoms with Crippen LogP contribution in [0.15, 0.2) is 64.6 Å². The molecule has 1 aromatic carbocycles. The summed E-state index contributed by atoms with van der Waals surface area (Å²) in [6.07, 6.45) is 11.8. The Hall–Kier alpha value is -3.32. The number of piperidine rings is 1. The maximum absolute atomic E-state index is 6.50. The van der Waals surface area contributed by atoms with Crippen LogP contribution in [0.2, 0.25) is 0 Å². The van der Waals surface area contributed by atoms with Crippen LogP contribution < -0.4 is 11.1 Å². The molecule has 3 N–H and O–H groups in total. The van der Waals surface area contributed by atoms with E-state index in [4.69, 9.17) is 10.2 Å². The quantitative estimate of drug-likeness (QED) is 0.579. The Balaban J connectivity index is 1.34. The van der Waals surface area contributed by atoms with Crippen LogP contribution in [0.5, 0.6) is 0 Å². The van der Waals surface area contributed by atoms with Gasteiger partial charge in [0.1, 0.15) is 17.8 Å². The van der Waals surface area contributed by atoms with Crippen molar-refractivity contribution < 1.29 is 4.42 Å². The molecule has 166 valence electrons. The second kappa shape index (κ2) is 8.31. The predicted molar refractivity (Wildman–Crippen MR) is 128 cm³/mol. The number of aromatic nitrogens is 2. The lowest BCUT2D eigenvalue weighted by molar-refractivity contribution is 0.153. The lowest BCUT2D eigenvalue weighted by Gasteiger charge is -2.36. The van der Waals surface area contributed by atoms with Gasteiger partial charge in [-0.15, -0.1) is 0 Å². The molecule has 0 amide bonds. The molecule has 0 radical (unpaired) electrons. The van der Waals surface area contributed by atoms with Gasteiger partial charge >= 0.3 is 5.84 Å². The number of aliphatic imine (C=N–C) groups is 1. The van der Waals surface area contributed by atoms with Crippen molar-refractivity contribution in [1.29, 1.82) is 0 Å². The molecular formula is C25H30N6O. The van der Waals surface area contributed by atoms with E-state index in [2.05, 4.69) is 46.8 Å². The van der Waals surface area contributed by atoms with Crippen LogP contribution in [0, 0.1) is 6.92 Å². The molecule has 2 aromatic heterocycles. The van der Waals surface area contributed by atoms with Crippen molar-refractivity contribution >= 4 is 17.8 Å². The minimum absolute atomic E-state index is 0.433. The number of hydrogen-bond acceptors (Lipinski definition) is 6. The van der Waals surface area contributed by atoms with Crippen molar-refractivity contribution in [3.8, 4) is 11.3 Å². The number of aryl methyl sites for hydroxylation is 1. The number of benzene rings is 1. The van der Waals surface area contributed by atoms with E-state index in [1.54, 1.807) is 18.6 Å². The summed E-state index contributed by atoms with van der Waals surface area (Å²) < 4.78 is 7.38. The molecule has 0 saturated carbocycles. The molecule has 0 aliphatic carbocycles. The van der Waals surface area contributed by atoms with Gasteiger partial charge < -0.3 is 20.4 Å². The van der Waals surface area contributed by atoms with Crippen LogP contribution in [0.1, 0.15) is 36.9 Å². The lowest BCUT2D eigenvalue weighted by atomic mass is 9.98. The Morgan fingerprint density at radius 1 is 1.28 bits per heavy atom. The van der Waals surface area contributed by atoms with Crippen LogP contribution >= 0.6 is 0 Å². The van der Waals surface area contributed by atoms with E-state index in [1.165, 1.54) is 12.8 Å². The summed E-state index contributed by atoms with van der Waals surface area (Å²) in [5.74, 6) is 1.18. The number of fused-ring (bicyclic) bond motifs is 3. The van der Waals surface area contributed by atoms with Gasteiger partial charge in [0.2, 0.25) is 0 Å². The number of allylic oxidation sites excluding steroid dienone is 1. The molecule has 2 aliphatic heterocycles. The summed E-state index contributed by atoms with van der Waals surface area (Å²) >= 11 is 0. The lowest BCUT2D eigenvalue weighted by Crippen LogP contribution is -2.46. The molecule has 0 spiro atoms. The molecule has 0 unspecified atom stereocenters. The highest BCUT2D eigenvalue weighted by molar-refractivity contribution is 5.88. The van der Waals surface area contributed by atoms with Crippen molar-refractivity contribution in [2.45, 2.75) is 50.7 Å². The largest absolute Gasteiger partial charge is 0.432 e. The highest BCUT2D eigenvalue weighted by Crippen LogP contribution is 2.34. The Bertz CT molecular complexity index is 1190. The Kier molecular flexibility index (Phi) is 5.35. The van der Waals surface area contributed by atoms with Crippen molar-refractivity contribution in [2.24, 2.45) is 10.7 Å². The van der Waals surface area contributed by atoms with Crippen LogP contribution in [-0.4, -0.2) is 45.7 Å². The van der Waals surface area contributed by atoms with Crippen molar-refractivity contribution in [1.82, 2.24) is 19.6 Å². The number of nitrogens with one attached hydrogen (secondary N) is 1. The minimum Gasteiger partial charge on any atom is -0.432 e. The third kappa shape index (κ3) is 3.73. The average Bonchev–Trinajstić information content (AvgIpc) is 3.40. The SMILES string of the molecule is C=C(/N=C\C=C(/N)c1c(-c2ccccc2C)nc2occn12)NC1C[C@H]2CC[C@H](C1)N2C. The van der Waals surface area contributed by atoms with E-state index >= 15 is 0 Å². The molecule has 32 heavy (non-hydrogen) atoms. The molecule has 7 heteroatoms. The third-order valence-electron chi connectivity index (χ3n) is 6.89. The van der Waals surface area contributed by atoms with Gasteiger partial charge in [0.25, 0.3) is 0 Å². The number of oxazole rings is 1. The van der Waals surface area contributed by atoms with E-state index in [0.29, 0.717) is 35.5 Å². The number of nitrogens with two attached hydrogens (primary N) is 1. The maximum Gasteiger partial charge on any atom is 0.306 e. The van der Waals surface area contributed by atoms with E-state index in [-0.39, 0.29) is 0 Å². The molecular weight excluding hydrogens is 400 g/mol. The second-order valence-corrected chi connectivity index (χ2v) is 8.89. The van der Waals surface area contributed by atoms with Crippen LogP contribution in [0.3, 0.4) is 0 Å². The van der Waals surface area contributed by atoms with E-state index < -0.39 is 0 Å². The minimum atomic E-state index is 0.433. The monoisotopic (exact) mass is 430 g/mol. The van der Waals surface area contributed by atoms with Crippen molar-refractivity contribution in [3.05, 3.63) is 66.5 Å². The topological polar surface area (TPSA) is 84.1 Å². The summed E-state index contributed by atoms with van der Waals surface area (Å²) in [5, 5.41) is 3.50. The standard InChI is InChI=1S/C25H30N6O/c1-16-6-4-5-7-21(16)23-24(31-12-13-32-25(31)29-23)22(26)10-11-27-17(2)28-18-14-19-8-9-20(15-18)30(19)3/h4-7,10-13,18-20,28H,2,8-9,14-15,26H2,1,3H3/b22-10-,27-11-/t19-,20-/m1/s1. The molecule has 2 fully saturated rings. The van der Waals surface area contributed by atoms with Crippen LogP contribution in [-0.2, 0) is 0 Å². The zero-order valence-corrected chi connectivity index (χ0v) is 18.7. The number of hydrogen-bond donors (Lipinski definition) is 2. The average molecular weight is 431 g/mol. The van der Waals surface area contributed by atoms with Crippen LogP contribution in [0.25, 0.3) is 22.8 Å². The van der Waals surface area contributed by atoms with Gasteiger partial charge in [-0.05, 0) is 51.3 Å². The molecule has 7 nitrogen and oxygen atoms in total.